The molecular weight excluding hydrogens is 306 g/mol. The van der Waals surface area contributed by atoms with Gasteiger partial charge in [-0.05, 0) is 12.8 Å². The van der Waals surface area contributed by atoms with Crippen molar-refractivity contribution in [3.05, 3.63) is 0 Å². The van der Waals surface area contributed by atoms with Gasteiger partial charge >= 0.3 is 0 Å². The normalized spacial score (nSPS) is 15.1. The molecule has 0 aromatic rings. The van der Waals surface area contributed by atoms with Crippen molar-refractivity contribution in [2.24, 2.45) is 0 Å². The lowest BCUT2D eigenvalue weighted by Gasteiger charge is -2.08. The highest BCUT2D eigenvalue weighted by molar-refractivity contribution is 9.09. The van der Waals surface area contributed by atoms with Crippen molar-refractivity contribution in [2.45, 2.75) is 24.6 Å². The van der Waals surface area contributed by atoms with Crippen molar-refractivity contribution in [3.63, 3.8) is 0 Å². The van der Waals surface area contributed by atoms with Crippen LogP contribution < -0.4 is 4.72 Å². The van der Waals surface area contributed by atoms with Gasteiger partial charge in [0.15, 0.2) is 14.9 Å². The summed E-state index contributed by atoms with van der Waals surface area (Å²) in [6.45, 7) is 2.23. The van der Waals surface area contributed by atoms with Gasteiger partial charge in [-0.1, -0.05) is 22.9 Å². The quantitative estimate of drug-likeness (QED) is 0.691. The van der Waals surface area contributed by atoms with E-state index < -0.39 is 24.9 Å². The Bertz CT molecular complexity index is 376. The molecule has 1 unspecified atom stereocenters. The molecule has 5 nitrogen and oxygen atoms in total. The Labute approximate surface area is 99.7 Å². The van der Waals surface area contributed by atoms with E-state index in [0.717, 1.165) is 12.7 Å². The highest BCUT2D eigenvalue weighted by Gasteiger charge is 2.17. The van der Waals surface area contributed by atoms with Gasteiger partial charge in [-0.25, -0.2) is 21.6 Å². The van der Waals surface area contributed by atoms with Crippen LogP contribution in [0, 0.1) is 0 Å². The van der Waals surface area contributed by atoms with Gasteiger partial charge in [-0.15, -0.1) is 0 Å². The van der Waals surface area contributed by atoms with Crippen LogP contribution in [-0.4, -0.2) is 39.5 Å². The van der Waals surface area contributed by atoms with Gasteiger partial charge < -0.3 is 0 Å². The molecule has 1 N–H and O–H groups in total. The van der Waals surface area contributed by atoms with Crippen LogP contribution >= 0.6 is 15.9 Å². The summed E-state index contributed by atoms with van der Waals surface area (Å²) in [5.74, 6) is 0. The lowest BCUT2D eigenvalue weighted by molar-refractivity contribution is 0.577. The third-order valence-electron chi connectivity index (χ3n) is 1.59. The molecule has 0 radical (unpaired) electrons. The molecule has 8 heteroatoms. The first-order valence-corrected chi connectivity index (χ1v) is 9.08. The van der Waals surface area contributed by atoms with Crippen molar-refractivity contribution in [1.82, 2.24) is 4.72 Å². The predicted molar refractivity (Wildman–Crippen MR) is 64.3 cm³/mol. The number of nitrogens with one attached hydrogen (secondary N) is 1. The summed E-state index contributed by atoms with van der Waals surface area (Å²) in [5, 5.41) is -0.848. The van der Waals surface area contributed by atoms with Crippen LogP contribution in [0.4, 0.5) is 0 Å². The standard InChI is InChI=1S/C7H16BrNO4S2/c1-3-7(8)4-5-9-15(12,13)6-14(2,10)11/h7,9H,3-6H2,1-2H3. The molecular formula is C7H16BrNO4S2. The van der Waals surface area contributed by atoms with Gasteiger partial charge in [0.2, 0.25) is 10.0 Å². The van der Waals surface area contributed by atoms with E-state index in [0.29, 0.717) is 6.42 Å². The molecule has 0 aliphatic heterocycles. The maximum absolute atomic E-state index is 11.2. The van der Waals surface area contributed by atoms with Crippen molar-refractivity contribution in [1.29, 1.82) is 0 Å². The Balaban J connectivity index is 4.07. The minimum absolute atomic E-state index is 0.249. The average Bonchev–Trinajstić information content (AvgIpc) is 1.98. The Hall–Kier alpha value is 0.340. The summed E-state index contributed by atoms with van der Waals surface area (Å²) in [5.41, 5.74) is 0. The fraction of sp³-hybridized carbons (Fsp3) is 1.00. The van der Waals surface area contributed by atoms with Crippen LogP contribution in [0.2, 0.25) is 0 Å². The average molecular weight is 322 g/mol. The molecule has 0 saturated carbocycles. The number of sulfone groups is 1. The van der Waals surface area contributed by atoms with Crippen LogP contribution in [0.1, 0.15) is 19.8 Å². The fourth-order valence-corrected chi connectivity index (χ4v) is 4.14. The molecule has 0 heterocycles. The third-order valence-corrected chi connectivity index (χ3v) is 6.29. The molecule has 92 valence electrons. The topological polar surface area (TPSA) is 80.3 Å². The van der Waals surface area contributed by atoms with Crippen LogP contribution in [0.5, 0.6) is 0 Å². The van der Waals surface area contributed by atoms with E-state index in [1.807, 2.05) is 6.92 Å². The summed E-state index contributed by atoms with van der Waals surface area (Å²) in [6.07, 6.45) is 2.43. The minimum Gasteiger partial charge on any atom is -0.228 e. The van der Waals surface area contributed by atoms with E-state index in [2.05, 4.69) is 20.7 Å². The van der Waals surface area contributed by atoms with Crippen LogP contribution in [0.25, 0.3) is 0 Å². The minimum atomic E-state index is -3.70. The van der Waals surface area contributed by atoms with Crippen molar-refractivity contribution in [2.75, 3.05) is 17.9 Å². The molecule has 0 aromatic carbocycles. The predicted octanol–water partition coefficient (Wildman–Crippen LogP) is 0.472. The smallest absolute Gasteiger partial charge is 0.226 e. The first-order valence-electron chi connectivity index (χ1n) is 4.45. The zero-order valence-corrected chi connectivity index (χ0v) is 12.0. The van der Waals surface area contributed by atoms with Gasteiger partial charge in [0.05, 0.1) is 0 Å². The molecule has 0 aliphatic carbocycles. The fourth-order valence-electron chi connectivity index (χ4n) is 0.899. The van der Waals surface area contributed by atoms with Crippen molar-refractivity contribution < 1.29 is 16.8 Å². The SMILES string of the molecule is CCC(Br)CCNS(=O)(=O)CS(C)(=O)=O. The zero-order chi connectivity index (χ0) is 12.1. The summed E-state index contributed by atoms with van der Waals surface area (Å²) >= 11 is 3.35. The van der Waals surface area contributed by atoms with Crippen molar-refractivity contribution >= 4 is 35.8 Å². The number of sulfonamides is 1. The Morgan fingerprint density at radius 2 is 1.80 bits per heavy atom. The Morgan fingerprint density at radius 1 is 1.27 bits per heavy atom. The van der Waals surface area contributed by atoms with Gasteiger partial charge in [0, 0.05) is 17.6 Å². The molecule has 0 spiro atoms. The molecule has 0 rings (SSSR count). The second-order valence-electron chi connectivity index (χ2n) is 3.35. The summed E-state index contributed by atoms with van der Waals surface area (Å²) < 4.78 is 46.2. The highest BCUT2D eigenvalue weighted by Crippen LogP contribution is 2.08. The number of hydrogen-bond donors (Lipinski definition) is 1. The first-order chi connectivity index (χ1) is 6.66. The van der Waals surface area contributed by atoms with Crippen molar-refractivity contribution in [3.8, 4) is 0 Å². The summed E-state index contributed by atoms with van der Waals surface area (Å²) in [4.78, 5) is 0.249. The van der Waals surface area contributed by atoms with E-state index >= 15 is 0 Å². The molecule has 1 atom stereocenters. The second-order valence-corrected chi connectivity index (χ2v) is 8.95. The Morgan fingerprint density at radius 3 is 2.20 bits per heavy atom. The van der Waals surface area contributed by atoms with Gasteiger partial charge in [-0.2, -0.15) is 0 Å². The lowest BCUT2D eigenvalue weighted by Crippen LogP contribution is -2.31. The molecule has 15 heavy (non-hydrogen) atoms. The zero-order valence-electron chi connectivity index (χ0n) is 8.73. The van der Waals surface area contributed by atoms with Crippen LogP contribution in [-0.2, 0) is 19.9 Å². The highest BCUT2D eigenvalue weighted by atomic mass is 79.9. The molecule has 0 aromatic heterocycles. The van der Waals surface area contributed by atoms with Crippen LogP contribution in [0.3, 0.4) is 0 Å². The third kappa shape index (κ3) is 9.28. The molecule has 0 amide bonds. The van der Waals surface area contributed by atoms with Gasteiger partial charge in [0.25, 0.3) is 0 Å². The van der Waals surface area contributed by atoms with E-state index in [4.69, 9.17) is 0 Å². The number of alkyl halides is 1. The summed E-state index contributed by atoms with van der Waals surface area (Å²) in [6, 6.07) is 0. The molecule has 0 saturated heterocycles. The van der Waals surface area contributed by atoms with Gasteiger partial charge in [-0.3, -0.25) is 0 Å². The number of rotatable bonds is 7. The number of hydrogen-bond acceptors (Lipinski definition) is 4. The van der Waals surface area contributed by atoms with Gasteiger partial charge in [0.1, 0.15) is 0 Å². The second kappa shape index (κ2) is 6.17. The summed E-state index contributed by atoms with van der Waals surface area (Å²) in [7, 11) is -7.20. The Kier molecular flexibility index (Phi) is 6.31. The molecule has 0 aliphatic rings. The van der Waals surface area contributed by atoms with Crippen LogP contribution in [0.15, 0.2) is 0 Å². The maximum atomic E-state index is 11.2. The number of halogens is 1. The molecule has 0 bridgehead atoms. The van der Waals surface area contributed by atoms with E-state index in [1.54, 1.807) is 0 Å². The first kappa shape index (κ1) is 15.3. The largest absolute Gasteiger partial charge is 0.228 e. The maximum Gasteiger partial charge on any atom is 0.226 e. The monoisotopic (exact) mass is 321 g/mol. The van der Waals surface area contributed by atoms with E-state index in [9.17, 15) is 16.8 Å². The molecule has 0 fully saturated rings. The lowest BCUT2D eigenvalue weighted by atomic mass is 10.2. The van der Waals surface area contributed by atoms with E-state index in [1.165, 1.54) is 0 Å². The van der Waals surface area contributed by atoms with E-state index in [-0.39, 0.29) is 11.4 Å².